The molecule has 0 saturated carbocycles. The molecular weight excluding hydrogens is 150 g/mol. The van der Waals surface area contributed by atoms with Gasteiger partial charge in [0.05, 0.1) is 0 Å². The van der Waals surface area contributed by atoms with Crippen molar-refractivity contribution >= 4 is 0 Å². The zero-order chi connectivity index (χ0) is 8.97. The molecule has 0 aliphatic rings. The Bertz CT molecular complexity index is 221. The quantitative estimate of drug-likeness (QED) is 0.631. The van der Waals surface area contributed by atoms with E-state index in [4.69, 9.17) is 4.74 Å². The number of hydrogen-bond acceptors (Lipinski definition) is 2. The highest BCUT2D eigenvalue weighted by Crippen LogP contribution is 2.10. The molecule has 0 N–H and O–H groups in total. The van der Waals surface area contributed by atoms with Crippen molar-refractivity contribution in [3.63, 3.8) is 0 Å². The van der Waals surface area contributed by atoms with Crippen molar-refractivity contribution in [1.82, 2.24) is 4.90 Å². The van der Waals surface area contributed by atoms with E-state index >= 15 is 0 Å². The second kappa shape index (κ2) is 4.12. The van der Waals surface area contributed by atoms with Crippen LogP contribution in [0.5, 0.6) is 5.75 Å². The van der Waals surface area contributed by atoms with Gasteiger partial charge in [-0.3, -0.25) is 4.90 Å². The predicted octanol–water partition coefficient (Wildman–Crippen LogP) is 1.77. The summed E-state index contributed by atoms with van der Waals surface area (Å²) in [7, 11) is 3.97. The van der Waals surface area contributed by atoms with E-state index in [-0.39, 0.29) is 6.23 Å². The minimum atomic E-state index is 0.104. The Kier molecular flexibility index (Phi) is 3.11. The summed E-state index contributed by atoms with van der Waals surface area (Å²) in [4.78, 5) is 2.01. The maximum atomic E-state index is 5.58. The van der Waals surface area contributed by atoms with Gasteiger partial charge in [-0.25, -0.2) is 0 Å². The van der Waals surface area contributed by atoms with Gasteiger partial charge >= 0.3 is 0 Å². The monoisotopic (exact) mass is 164 g/mol. The zero-order valence-electron chi connectivity index (χ0n) is 7.74. The number of hydrogen-bond donors (Lipinski definition) is 0. The highest BCUT2D eigenvalue weighted by atomic mass is 16.5. The van der Waals surface area contributed by atoms with Crippen molar-refractivity contribution in [3.8, 4) is 5.75 Å². The second-order valence-electron chi connectivity index (χ2n) is 2.92. The molecule has 2 nitrogen and oxygen atoms in total. The standard InChI is InChI=1S/C10H14NO/c1-9(11(2)3)12-10-7-5-4-6-8-10/h5-9H,1-3H3/t9-/m0/s1. The van der Waals surface area contributed by atoms with E-state index in [1.807, 2.05) is 50.2 Å². The third-order valence-electron chi connectivity index (χ3n) is 1.72. The van der Waals surface area contributed by atoms with Gasteiger partial charge in [-0.15, -0.1) is 0 Å². The van der Waals surface area contributed by atoms with Crippen molar-refractivity contribution in [2.45, 2.75) is 13.2 Å². The lowest BCUT2D eigenvalue weighted by Crippen LogP contribution is -2.30. The molecule has 1 atom stereocenters. The number of ether oxygens (including phenoxy) is 1. The zero-order valence-corrected chi connectivity index (χ0v) is 7.74. The number of benzene rings is 1. The highest BCUT2D eigenvalue weighted by molar-refractivity contribution is 5.20. The first-order valence-electron chi connectivity index (χ1n) is 3.99. The SMILES string of the molecule is C[C@H](Oc1cc[c]cc1)N(C)C. The van der Waals surface area contributed by atoms with Crippen LogP contribution in [-0.2, 0) is 0 Å². The Hall–Kier alpha value is -1.02. The topological polar surface area (TPSA) is 12.5 Å². The van der Waals surface area contributed by atoms with E-state index in [0.717, 1.165) is 5.75 Å². The first-order valence-corrected chi connectivity index (χ1v) is 3.99. The Morgan fingerprint density at radius 2 is 1.92 bits per heavy atom. The normalized spacial score (nSPS) is 13.0. The first-order chi connectivity index (χ1) is 5.70. The van der Waals surface area contributed by atoms with Crippen molar-refractivity contribution in [3.05, 3.63) is 30.3 Å². The van der Waals surface area contributed by atoms with Crippen LogP contribution in [0.25, 0.3) is 0 Å². The number of nitrogens with zero attached hydrogens (tertiary/aromatic N) is 1. The molecule has 0 aliphatic carbocycles. The minimum absolute atomic E-state index is 0.104. The maximum absolute atomic E-state index is 5.58. The van der Waals surface area contributed by atoms with Crippen LogP contribution in [0.15, 0.2) is 24.3 Å². The van der Waals surface area contributed by atoms with E-state index < -0.39 is 0 Å². The van der Waals surface area contributed by atoms with Gasteiger partial charge < -0.3 is 4.74 Å². The molecule has 1 aromatic rings. The Labute approximate surface area is 73.8 Å². The second-order valence-corrected chi connectivity index (χ2v) is 2.92. The Balaban J connectivity index is 2.53. The minimum Gasteiger partial charge on any atom is -0.475 e. The predicted molar refractivity (Wildman–Crippen MR) is 49.1 cm³/mol. The summed E-state index contributed by atoms with van der Waals surface area (Å²) in [6.45, 7) is 2.01. The van der Waals surface area contributed by atoms with Crippen molar-refractivity contribution in [2.24, 2.45) is 0 Å². The van der Waals surface area contributed by atoms with Crippen LogP contribution in [0.4, 0.5) is 0 Å². The summed E-state index contributed by atoms with van der Waals surface area (Å²) in [6, 6.07) is 10.4. The lowest BCUT2D eigenvalue weighted by molar-refractivity contribution is 0.0815. The van der Waals surface area contributed by atoms with E-state index in [2.05, 4.69) is 6.07 Å². The van der Waals surface area contributed by atoms with Gasteiger partial charge in [-0.05, 0) is 39.2 Å². The molecule has 12 heavy (non-hydrogen) atoms. The molecule has 0 aliphatic heterocycles. The molecule has 0 heterocycles. The van der Waals surface area contributed by atoms with E-state index in [9.17, 15) is 0 Å². The molecule has 2 heteroatoms. The van der Waals surface area contributed by atoms with Crippen LogP contribution in [0.2, 0.25) is 0 Å². The van der Waals surface area contributed by atoms with E-state index in [1.165, 1.54) is 0 Å². The van der Waals surface area contributed by atoms with Crippen LogP contribution in [0.3, 0.4) is 0 Å². The molecule has 1 rings (SSSR count). The fourth-order valence-corrected chi connectivity index (χ4v) is 0.753. The Morgan fingerprint density at radius 3 is 2.42 bits per heavy atom. The molecule has 65 valence electrons. The lowest BCUT2D eigenvalue weighted by atomic mass is 10.3. The molecule has 0 bridgehead atoms. The van der Waals surface area contributed by atoms with Gasteiger partial charge in [0.15, 0.2) is 0 Å². The fourth-order valence-electron chi connectivity index (χ4n) is 0.753. The molecule has 1 radical (unpaired) electrons. The van der Waals surface area contributed by atoms with Gasteiger partial charge in [0, 0.05) is 0 Å². The van der Waals surface area contributed by atoms with Crippen LogP contribution in [0.1, 0.15) is 6.92 Å². The van der Waals surface area contributed by atoms with E-state index in [0.29, 0.717) is 0 Å². The van der Waals surface area contributed by atoms with Gasteiger partial charge in [0.1, 0.15) is 12.0 Å². The van der Waals surface area contributed by atoms with Gasteiger partial charge in [0.25, 0.3) is 0 Å². The first kappa shape index (κ1) is 9.07. The summed E-state index contributed by atoms with van der Waals surface area (Å²) in [5, 5.41) is 0. The largest absolute Gasteiger partial charge is 0.475 e. The van der Waals surface area contributed by atoms with Crippen molar-refractivity contribution in [1.29, 1.82) is 0 Å². The lowest BCUT2D eigenvalue weighted by Gasteiger charge is -2.20. The van der Waals surface area contributed by atoms with Gasteiger partial charge in [0.2, 0.25) is 0 Å². The van der Waals surface area contributed by atoms with E-state index in [1.54, 1.807) is 0 Å². The number of rotatable bonds is 3. The summed E-state index contributed by atoms with van der Waals surface area (Å²) in [6.07, 6.45) is 0.104. The van der Waals surface area contributed by atoms with Crippen molar-refractivity contribution < 1.29 is 4.74 Å². The molecule has 1 aromatic carbocycles. The van der Waals surface area contributed by atoms with Crippen LogP contribution >= 0.6 is 0 Å². The third-order valence-corrected chi connectivity index (χ3v) is 1.72. The molecule has 0 spiro atoms. The molecule has 0 aromatic heterocycles. The molecule has 0 fully saturated rings. The summed E-state index contributed by atoms with van der Waals surface area (Å²) in [5.74, 6) is 0.884. The maximum Gasteiger partial charge on any atom is 0.149 e. The van der Waals surface area contributed by atoms with Crippen LogP contribution in [0, 0.1) is 6.07 Å². The molecular formula is C10H14NO. The van der Waals surface area contributed by atoms with Crippen LogP contribution in [-0.4, -0.2) is 25.2 Å². The van der Waals surface area contributed by atoms with Gasteiger partial charge in [-0.2, -0.15) is 0 Å². The van der Waals surface area contributed by atoms with Crippen molar-refractivity contribution in [2.75, 3.05) is 14.1 Å². The average molecular weight is 164 g/mol. The summed E-state index contributed by atoms with van der Waals surface area (Å²) < 4.78 is 5.58. The molecule has 0 saturated heterocycles. The Morgan fingerprint density at radius 1 is 1.33 bits per heavy atom. The highest BCUT2D eigenvalue weighted by Gasteiger charge is 2.04. The average Bonchev–Trinajstić information content (AvgIpc) is 2.06. The smallest absolute Gasteiger partial charge is 0.149 e. The summed E-state index contributed by atoms with van der Waals surface area (Å²) in [5.41, 5.74) is 0. The molecule has 0 amide bonds. The third kappa shape index (κ3) is 2.55. The van der Waals surface area contributed by atoms with Crippen LogP contribution < -0.4 is 4.74 Å². The van der Waals surface area contributed by atoms with Gasteiger partial charge in [-0.1, -0.05) is 12.1 Å². The molecule has 0 unspecified atom stereocenters. The fraction of sp³-hybridized carbons (Fsp3) is 0.400. The summed E-state index contributed by atoms with van der Waals surface area (Å²) >= 11 is 0.